The van der Waals surface area contributed by atoms with Gasteiger partial charge in [-0.1, -0.05) is 23.4 Å². The summed E-state index contributed by atoms with van der Waals surface area (Å²) in [5.74, 6) is 0.0163. The molecule has 3 N–H and O–H groups in total. The number of hydrogen-bond donors (Lipinski definition) is 3. The molecule has 1 aromatic carbocycles. The highest BCUT2D eigenvalue weighted by atomic mass is 16.4. The molecule has 6 nitrogen and oxygen atoms in total. The van der Waals surface area contributed by atoms with Gasteiger partial charge in [-0.15, -0.1) is 0 Å². The number of nitrogens with zero attached hydrogens (tertiary/aromatic N) is 3. The molecule has 0 radical (unpaired) electrons. The van der Waals surface area contributed by atoms with Gasteiger partial charge in [-0.05, 0) is 68.7 Å². The fourth-order valence-electron chi connectivity index (χ4n) is 4.02. The third kappa shape index (κ3) is 4.31. The molecule has 1 aliphatic carbocycles. The van der Waals surface area contributed by atoms with Crippen molar-refractivity contribution < 1.29 is 10.3 Å². The van der Waals surface area contributed by atoms with E-state index in [1.807, 2.05) is 6.07 Å². The maximum atomic E-state index is 9.71. The largest absolute Gasteiger partial charge is 0.506 e. The molecule has 0 spiro atoms. The van der Waals surface area contributed by atoms with Gasteiger partial charge in [0.25, 0.3) is 0 Å². The van der Waals surface area contributed by atoms with Crippen molar-refractivity contribution in [2.45, 2.75) is 44.9 Å². The molecule has 0 amide bonds. The van der Waals surface area contributed by atoms with Crippen molar-refractivity contribution in [1.29, 1.82) is 0 Å². The Balaban J connectivity index is 1.40. The van der Waals surface area contributed by atoms with E-state index in [-0.39, 0.29) is 11.4 Å². The molecule has 3 aromatic rings. The molecule has 2 aromatic heterocycles. The summed E-state index contributed by atoms with van der Waals surface area (Å²) >= 11 is 0. The van der Waals surface area contributed by atoms with Crippen LogP contribution in [0.3, 0.4) is 0 Å². The van der Waals surface area contributed by atoms with E-state index in [0.717, 1.165) is 56.1 Å². The molecule has 29 heavy (non-hydrogen) atoms. The maximum Gasteiger partial charge on any atom is 0.142 e. The van der Waals surface area contributed by atoms with Gasteiger partial charge in [-0.3, -0.25) is 4.98 Å². The molecule has 0 atom stereocenters. The third-order valence-electron chi connectivity index (χ3n) is 5.47. The molecule has 0 saturated carbocycles. The van der Waals surface area contributed by atoms with E-state index < -0.39 is 0 Å². The monoisotopic (exact) mass is 390 g/mol. The van der Waals surface area contributed by atoms with Gasteiger partial charge in [-0.2, -0.15) is 0 Å². The summed E-state index contributed by atoms with van der Waals surface area (Å²) in [6.07, 6.45) is 8.57. The zero-order chi connectivity index (χ0) is 20.1. The van der Waals surface area contributed by atoms with Gasteiger partial charge in [0.2, 0.25) is 0 Å². The minimum Gasteiger partial charge on any atom is -0.506 e. The Labute approximate surface area is 170 Å². The SMILES string of the molecule is O/N=C\c1nc(CCCCNc2c3c(nc4ccccc24)CCCC3)ccc1O. The van der Waals surface area contributed by atoms with E-state index in [0.29, 0.717) is 0 Å². The fraction of sp³-hybridized carbons (Fsp3) is 0.348. The van der Waals surface area contributed by atoms with Gasteiger partial charge in [0.15, 0.2) is 0 Å². The molecule has 0 unspecified atom stereocenters. The van der Waals surface area contributed by atoms with Crippen LogP contribution in [-0.2, 0) is 19.3 Å². The second kappa shape index (κ2) is 8.90. The Morgan fingerprint density at radius 1 is 1.03 bits per heavy atom. The van der Waals surface area contributed by atoms with Gasteiger partial charge < -0.3 is 15.6 Å². The molecule has 0 fully saturated rings. The Hall–Kier alpha value is -3.15. The van der Waals surface area contributed by atoms with Crippen molar-refractivity contribution in [3.63, 3.8) is 0 Å². The third-order valence-corrected chi connectivity index (χ3v) is 5.47. The number of aromatic hydroxyl groups is 1. The predicted octanol–water partition coefficient (Wildman–Crippen LogP) is 4.46. The first-order valence-corrected chi connectivity index (χ1v) is 10.3. The summed E-state index contributed by atoms with van der Waals surface area (Å²) < 4.78 is 0. The number of fused-ring (bicyclic) bond motifs is 2. The van der Waals surface area contributed by atoms with Crippen LogP contribution in [0.4, 0.5) is 5.69 Å². The van der Waals surface area contributed by atoms with Gasteiger partial charge >= 0.3 is 0 Å². The minimum atomic E-state index is 0.0163. The lowest BCUT2D eigenvalue weighted by Crippen LogP contribution is -2.12. The van der Waals surface area contributed by atoms with Crippen molar-refractivity contribution in [1.82, 2.24) is 9.97 Å². The molecule has 6 heteroatoms. The number of pyridine rings is 2. The molecule has 0 bridgehead atoms. The number of anilines is 1. The highest BCUT2D eigenvalue weighted by Gasteiger charge is 2.17. The number of rotatable bonds is 7. The number of aryl methyl sites for hydroxylation is 2. The van der Waals surface area contributed by atoms with Crippen LogP contribution in [-0.4, -0.2) is 33.0 Å². The smallest absolute Gasteiger partial charge is 0.142 e. The summed E-state index contributed by atoms with van der Waals surface area (Å²) in [6, 6.07) is 11.8. The molecule has 4 rings (SSSR count). The van der Waals surface area contributed by atoms with Crippen LogP contribution in [0.5, 0.6) is 5.75 Å². The van der Waals surface area contributed by atoms with Crippen molar-refractivity contribution >= 4 is 22.8 Å². The lowest BCUT2D eigenvalue weighted by atomic mass is 9.92. The van der Waals surface area contributed by atoms with E-state index in [1.54, 1.807) is 6.07 Å². The van der Waals surface area contributed by atoms with Crippen LogP contribution in [0, 0.1) is 0 Å². The molecule has 2 heterocycles. The topological polar surface area (TPSA) is 90.6 Å². The number of hydrogen-bond acceptors (Lipinski definition) is 6. The summed E-state index contributed by atoms with van der Waals surface area (Å²) in [5, 5.41) is 26.2. The van der Waals surface area contributed by atoms with E-state index in [1.165, 1.54) is 35.2 Å². The van der Waals surface area contributed by atoms with Crippen molar-refractivity contribution in [3.8, 4) is 5.75 Å². The first-order valence-electron chi connectivity index (χ1n) is 10.3. The Bertz CT molecular complexity index is 1030. The standard InChI is InChI=1S/C23H26N4O2/c28-22-13-12-16(26-21(22)15-25-29)7-5-6-14-24-23-17-8-1-3-10-19(17)27-20-11-4-2-9-18(20)23/h1,3,8,10,12-13,15,28-29H,2,4-7,9,11,14H2,(H,24,27)/b25-15-. The summed E-state index contributed by atoms with van der Waals surface area (Å²) in [6.45, 7) is 0.892. The predicted molar refractivity (Wildman–Crippen MR) is 115 cm³/mol. The van der Waals surface area contributed by atoms with E-state index in [4.69, 9.17) is 10.2 Å². The summed E-state index contributed by atoms with van der Waals surface area (Å²) in [7, 11) is 0. The van der Waals surface area contributed by atoms with Crippen molar-refractivity contribution in [2.75, 3.05) is 11.9 Å². The molecular formula is C23H26N4O2. The molecule has 0 saturated heterocycles. The van der Waals surface area contributed by atoms with Gasteiger partial charge in [0.1, 0.15) is 11.4 Å². The normalized spacial score (nSPS) is 13.7. The lowest BCUT2D eigenvalue weighted by molar-refractivity contribution is 0.321. The van der Waals surface area contributed by atoms with Crippen LogP contribution in [0.15, 0.2) is 41.6 Å². The van der Waals surface area contributed by atoms with Crippen LogP contribution in [0.2, 0.25) is 0 Å². The van der Waals surface area contributed by atoms with Gasteiger partial charge in [0.05, 0.1) is 11.7 Å². The average Bonchev–Trinajstić information content (AvgIpc) is 2.75. The minimum absolute atomic E-state index is 0.0163. The molecular weight excluding hydrogens is 364 g/mol. The molecule has 1 aliphatic rings. The fourth-order valence-corrected chi connectivity index (χ4v) is 4.02. The summed E-state index contributed by atoms with van der Waals surface area (Å²) in [4.78, 5) is 9.22. The second-order valence-electron chi connectivity index (χ2n) is 7.47. The first kappa shape index (κ1) is 19.2. The van der Waals surface area contributed by atoms with Crippen molar-refractivity contribution in [3.05, 3.63) is 59.0 Å². The lowest BCUT2D eigenvalue weighted by Gasteiger charge is -2.21. The van der Waals surface area contributed by atoms with Crippen LogP contribution in [0.1, 0.15) is 48.3 Å². The zero-order valence-corrected chi connectivity index (χ0v) is 16.4. The summed E-state index contributed by atoms with van der Waals surface area (Å²) in [5.41, 5.74) is 6.14. The highest BCUT2D eigenvalue weighted by Crippen LogP contribution is 2.33. The zero-order valence-electron chi connectivity index (χ0n) is 16.4. The quantitative estimate of drug-likeness (QED) is 0.240. The van der Waals surface area contributed by atoms with Crippen LogP contribution >= 0.6 is 0 Å². The Morgan fingerprint density at radius 2 is 1.90 bits per heavy atom. The highest BCUT2D eigenvalue weighted by molar-refractivity contribution is 5.93. The van der Waals surface area contributed by atoms with E-state index >= 15 is 0 Å². The van der Waals surface area contributed by atoms with Crippen LogP contribution < -0.4 is 5.32 Å². The van der Waals surface area contributed by atoms with Gasteiger partial charge in [-0.25, -0.2) is 4.98 Å². The number of aromatic nitrogens is 2. The van der Waals surface area contributed by atoms with E-state index in [9.17, 15) is 5.11 Å². The Morgan fingerprint density at radius 3 is 2.79 bits per heavy atom. The second-order valence-corrected chi connectivity index (χ2v) is 7.47. The maximum absolute atomic E-state index is 9.71. The van der Waals surface area contributed by atoms with Crippen LogP contribution in [0.25, 0.3) is 10.9 Å². The molecule has 0 aliphatic heterocycles. The number of benzene rings is 1. The number of unbranched alkanes of at least 4 members (excludes halogenated alkanes) is 1. The average molecular weight is 390 g/mol. The number of oxime groups is 1. The van der Waals surface area contributed by atoms with Crippen molar-refractivity contribution in [2.24, 2.45) is 5.16 Å². The number of nitrogens with one attached hydrogen (secondary N) is 1. The van der Waals surface area contributed by atoms with E-state index in [2.05, 4.69) is 39.7 Å². The number of para-hydroxylation sites is 1. The molecule has 150 valence electrons. The Kier molecular flexibility index (Phi) is 5.89. The van der Waals surface area contributed by atoms with Gasteiger partial charge in [0, 0.05) is 29.0 Å². The first-order chi connectivity index (χ1) is 14.3.